The minimum atomic E-state index is -4.53. The average Bonchev–Trinajstić information content (AvgIpc) is 3.03. The van der Waals surface area contributed by atoms with Crippen molar-refractivity contribution >= 4 is 25.5 Å². The number of Topliss-reactive ketones (excluding diaryl/α,β-unsaturated/α-hetero) is 1. The van der Waals surface area contributed by atoms with E-state index in [9.17, 15) is 21.6 Å². The minimum absolute atomic E-state index is 0.167. The molecular weight excluding hydrogens is 451 g/mol. The Morgan fingerprint density at radius 1 is 0.844 bits per heavy atom. The first-order valence-electron chi connectivity index (χ1n) is 9.97. The summed E-state index contributed by atoms with van der Waals surface area (Å²) < 4.78 is 67.8. The number of carbonyl (C=O) groups is 1. The topological polar surface area (TPSA) is 85.3 Å². The van der Waals surface area contributed by atoms with Gasteiger partial charge in [0.05, 0.1) is 9.79 Å². The van der Waals surface area contributed by atoms with Gasteiger partial charge in [0.2, 0.25) is 5.78 Å². The fourth-order valence-corrected chi connectivity index (χ4v) is 8.67. The van der Waals surface area contributed by atoms with Gasteiger partial charge >= 0.3 is 0 Å². The summed E-state index contributed by atoms with van der Waals surface area (Å²) in [7, 11) is -9.06. The van der Waals surface area contributed by atoms with Crippen molar-refractivity contribution in [3.8, 4) is 0 Å². The Balaban J connectivity index is 1.84. The summed E-state index contributed by atoms with van der Waals surface area (Å²) >= 11 is 0. The van der Waals surface area contributed by atoms with Gasteiger partial charge in [-0.3, -0.25) is 4.79 Å². The largest absolute Gasteiger partial charge is 0.291 e. The maximum atomic E-state index is 16.1. The van der Waals surface area contributed by atoms with Crippen LogP contribution in [0.2, 0.25) is 0 Å². The number of benzene rings is 3. The number of hydrogen-bond acceptors (Lipinski definition) is 5. The zero-order valence-corrected chi connectivity index (χ0v) is 18.9. The van der Waals surface area contributed by atoms with Crippen LogP contribution in [0, 0.1) is 6.92 Å². The second-order valence-corrected chi connectivity index (χ2v) is 12.5. The predicted octanol–water partition coefficient (Wildman–Crippen LogP) is 4.11. The molecule has 0 fully saturated rings. The zero-order chi connectivity index (χ0) is 23.1. The molecule has 1 atom stereocenters. The Morgan fingerprint density at radius 3 is 1.84 bits per heavy atom. The van der Waals surface area contributed by atoms with E-state index in [1.54, 1.807) is 37.3 Å². The van der Waals surface area contributed by atoms with Crippen LogP contribution in [0.1, 0.15) is 27.9 Å². The molecule has 3 aromatic rings. The van der Waals surface area contributed by atoms with E-state index in [4.69, 9.17) is 0 Å². The number of sulfone groups is 2. The van der Waals surface area contributed by atoms with E-state index in [1.165, 1.54) is 48.5 Å². The summed E-state index contributed by atoms with van der Waals surface area (Å²) in [6.07, 6.45) is -1.36. The highest BCUT2D eigenvalue weighted by atomic mass is 32.3. The van der Waals surface area contributed by atoms with Crippen LogP contribution in [0.5, 0.6) is 0 Å². The van der Waals surface area contributed by atoms with Crippen LogP contribution in [-0.2, 0) is 26.1 Å². The normalized spacial score (nSPS) is 18.7. The van der Waals surface area contributed by atoms with Crippen molar-refractivity contribution in [3.05, 3.63) is 95.6 Å². The van der Waals surface area contributed by atoms with Crippen LogP contribution < -0.4 is 0 Å². The van der Waals surface area contributed by atoms with Crippen molar-refractivity contribution in [3.63, 3.8) is 0 Å². The number of carbonyl (C=O) groups excluding carboxylic acids is 1. The highest BCUT2D eigenvalue weighted by Gasteiger charge is 2.53. The monoisotopic (exact) mass is 472 g/mol. The Morgan fingerprint density at radius 2 is 1.34 bits per heavy atom. The predicted molar refractivity (Wildman–Crippen MR) is 119 cm³/mol. The highest BCUT2D eigenvalue weighted by Crippen LogP contribution is 2.41. The third-order valence-corrected chi connectivity index (χ3v) is 10.8. The molecule has 0 bridgehead atoms. The van der Waals surface area contributed by atoms with Crippen LogP contribution in [0.3, 0.4) is 0 Å². The van der Waals surface area contributed by atoms with E-state index in [0.29, 0.717) is 5.56 Å². The van der Waals surface area contributed by atoms with Crippen LogP contribution in [0.25, 0.3) is 0 Å². The fourth-order valence-electron chi connectivity index (χ4n) is 4.02. The van der Waals surface area contributed by atoms with Gasteiger partial charge in [-0.15, -0.1) is 0 Å². The molecule has 1 aliphatic rings. The minimum Gasteiger partial charge on any atom is -0.291 e. The molecule has 0 aromatic heterocycles. The molecule has 4 rings (SSSR count). The lowest BCUT2D eigenvalue weighted by molar-refractivity contribution is 0.0708. The van der Waals surface area contributed by atoms with Gasteiger partial charge < -0.3 is 0 Å². The summed E-state index contributed by atoms with van der Waals surface area (Å²) in [4.78, 5) is 12.5. The molecular formula is C24H21FO5S2. The number of aryl methyl sites for hydroxylation is 1. The van der Waals surface area contributed by atoms with E-state index in [-0.39, 0.29) is 21.8 Å². The van der Waals surface area contributed by atoms with Crippen LogP contribution >= 0.6 is 0 Å². The van der Waals surface area contributed by atoms with Crippen LogP contribution in [0.4, 0.5) is 4.39 Å². The molecule has 0 saturated heterocycles. The van der Waals surface area contributed by atoms with Gasteiger partial charge in [0, 0.05) is 18.4 Å². The number of hydrogen-bond donors (Lipinski definition) is 0. The second kappa shape index (κ2) is 7.94. The smallest absolute Gasteiger partial charge is 0.200 e. The van der Waals surface area contributed by atoms with Gasteiger partial charge in [-0.25, -0.2) is 21.2 Å². The van der Waals surface area contributed by atoms with Crippen molar-refractivity contribution < 1.29 is 26.0 Å². The Hall–Kier alpha value is -2.84. The summed E-state index contributed by atoms with van der Waals surface area (Å²) in [5, 5.41) is 0. The molecule has 0 unspecified atom stereocenters. The summed E-state index contributed by atoms with van der Waals surface area (Å²) in [6, 6.07) is 19.0. The average molecular weight is 473 g/mol. The molecule has 0 amide bonds. The number of halogens is 1. The first-order valence-corrected chi connectivity index (χ1v) is 13.1. The molecule has 32 heavy (non-hydrogen) atoms. The Labute approximate surface area is 186 Å². The van der Waals surface area contributed by atoms with Gasteiger partial charge in [0.1, 0.15) is 0 Å². The SMILES string of the molecule is Cc1ccc2c(c1)C(=O)[C@@](F)(CC(S(=O)(=O)c1ccccc1)S(=O)(=O)c1ccccc1)C2. The Kier molecular flexibility index (Phi) is 5.55. The molecule has 5 nitrogen and oxygen atoms in total. The van der Waals surface area contributed by atoms with Gasteiger partial charge in [-0.1, -0.05) is 54.1 Å². The van der Waals surface area contributed by atoms with E-state index < -0.39 is 42.1 Å². The molecule has 1 aliphatic carbocycles. The number of rotatable bonds is 6. The third kappa shape index (κ3) is 3.78. The molecule has 0 spiro atoms. The lowest BCUT2D eigenvalue weighted by Crippen LogP contribution is -2.41. The standard InChI is InChI=1S/C24H21FO5S2/c1-17-12-13-18-15-24(25,23(26)21(18)14-17)16-22(31(27,28)19-8-4-2-5-9-19)32(29,30)20-10-6-3-7-11-20/h2-14,22H,15-16H2,1H3/t24-/m0/s1. The van der Waals surface area contributed by atoms with E-state index >= 15 is 4.39 Å². The van der Waals surface area contributed by atoms with Crippen molar-refractivity contribution in [2.24, 2.45) is 0 Å². The lowest BCUT2D eigenvalue weighted by Gasteiger charge is -2.25. The summed E-state index contributed by atoms with van der Waals surface area (Å²) in [6.45, 7) is 1.76. The second-order valence-electron chi connectivity index (χ2n) is 7.98. The van der Waals surface area contributed by atoms with E-state index in [1.807, 2.05) is 0 Å². The molecule has 0 N–H and O–H groups in total. The van der Waals surface area contributed by atoms with Gasteiger partial charge in [0.25, 0.3) is 0 Å². The number of alkyl halides is 1. The van der Waals surface area contributed by atoms with Gasteiger partial charge in [-0.05, 0) is 42.8 Å². The lowest BCUT2D eigenvalue weighted by atomic mass is 9.98. The van der Waals surface area contributed by atoms with Crippen LogP contribution in [0.15, 0.2) is 88.7 Å². The van der Waals surface area contributed by atoms with E-state index in [0.717, 1.165) is 5.56 Å². The summed E-state index contributed by atoms with van der Waals surface area (Å²) in [5.41, 5.74) is -1.28. The Bertz CT molecular complexity index is 1320. The maximum Gasteiger partial charge on any atom is 0.200 e. The number of fused-ring (bicyclic) bond motifs is 1. The maximum absolute atomic E-state index is 16.1. The van der Waals surface area contributed by atoms with Gasteiger partial charge in [-0.2, -0.15) is 0 Å². The van der Waals surface area contributed by atoms with Crippen molar-refractivity contribution in [2.45, 2.75) is 39.8 Å². The van der Waals surface area contributed by atoms with E-state index in [2.05, 4.69) is 0 Å². The molecule has 3 aromatic carbocycles. The molecule has 8 heteroatoms. The van der Waals surface area contributed by atoms with Crippen molar-refractivity contribution in [1.82, 2.24) is 0 Å². The molecule has 166 valence electrons. The van der Waals surface area contributed by atoms with Crippen molar-refractivity contribution in [2.75, 3.05) is 0 Å². The fraction of sp³-hybridized carbons (Fsp3) is 0.208. The highest BCUT2D eigenvalue weighted by molar-refractivity contribution is 8.09. The summed E-state index contributed by atoms with van der Waals surface area (Å²) in [5.74, 6) is -0.882. The molecule has 0 radical (unpaired) electrons. The van der Waals surface area contributed by atoms with Gasteiger partial charge in [0.15, 0.2) is 29.9 Å². The first kappa shape index (κ1) is 22.4. The third-order valence-electron chi connectivity index (χ3n) is 5.71. The first-order chi connectivity index (χ1) is 15.1. The molecule has 0 heterocycles. The molecule has 0 aliphatic heterocycles. The van der Waals surface area contributed by atoms with Crippen LogP contribution in [-0.4, -0.2) is 32.9 Å². The zero-order valence-electron chi connectivity index (χ0n) is 17.2. The van der Waals surface area contributed by atoms with Crippen molar-refractivity contribution in [1.29, 1.82) is 0 Å². The quantitative estimate of drug-likeness (QED) is 0.539. The number of ketones is 1. The molecule has 0 saturated carbocycles.